The first-order valence-electron chi connectivity index (χ1n) is 7.24. The average molecular weight is 310 g/mol. The second-order valence-electron chi connectivity index (χ2n) is 5.56. The van der Waals surface area contributed by atoms with Crippen molar-refractivity contribution in [2.75, 3.05) is 11.4 Å². The maximum Gasteiger partial charge on any atom is 0.264 e. The van der Waals surface area contributed by atoms with Crippen molar-refractivity contribution in [2.24, 2.45) is 0 Å². The van der Waals surface area contributed by atoms with E-state index >= 15 is 0 Å². The number of aliphatic hydroxyl groups is 1. The van der Waals surface area contributed by atoms with Gasteiger partial charge in [0.05, 0.1) is 5.69 Å². The molecule has 0 fully saturated rings. The first kappa shape index (κ1) is 16.0. The smallest absolute Gasteiger partial charge is 0.264 e. The highest BCUT2D eigenvalue weighted by molar-refractivity contribution is 6.31. The van der Waals surface area contributed by atoms with Crippen LogP contribution in [0.4, 0.5) is 5.69 Å². The van der Waals surface area contributed by atoms with Crippen LogP contribution in [-0.2, 0) is 15.2 Å². The number of hydrogen-bond donors (Lipinski definition) is 1. The van der Waals surface area contributed by atoms with Crippen LogP contribution in [0.2, 0.25) is 5.02 Å². The molecule has 0 bridgehead atoms. The molecule has 1 aromatic rings. The number of fused-ring (bicyclic) bond motifs is 1. The Balaban J connectivity index is 2.40. The predicted molar refractivity (Wildman–Crippen MR) is 82.5 cm³/mol. The predicted octanol–water partition coefficient (Wildman–Crippen LogP) is 3.04. The number of anilines is 1. The number of unbranched alkanes of at least 4 members (excludes halogenated alkanes) is 2. The van der Waals surface area contributed by atoms with Gasteiger partial charge in [0.2, 0.25) is 0 Å². The largest absolute Gasteiger partial charge is 0.375 e. The highest BCUT2D eigenvalue weighted by Gasteiger charge is 2.50. The zero-order valence-electron chi connectivity index (χ0n) is 12.4. The third-order valence-electron chi connectivity index (χ3n) is 3.78. The lowest BCUT2D eigenvalue weighted by Crippen LogP contribution is -2.41. The van der Waals surface area contributed by atoms with E-state index in [0.29, 0.717) is 22.8 Å². The van der Waals surface area contributed by atoms with E-state index in [0.717, 1.165) is 19.3 Å². The van der Waals surface area contributed by atoms with Crippen LogP contribution in [0, 0.1) is 0 Å². The number of amides is 1. The number of rotatable bonds is 6. The van der Waals surface area contributed by atoms with Crippen LogP contribution < -0.4 is 4.90 Å². The number of carbonyl (C=O) groups is 2. The lowest BCUT2D eigenvalue weighted by atomic mass is 9.90. The zero-order valence-corrected chi connectivity index (χ0v) is 13.1. The summed E-state index contributed by atoms with van der Waals surface area (Å²) in [5, 5.41) is 11.2. The van der Waals surface area contributed by atoms with Crippen molar-refractivity contribution in [1.82, 2.24) is 0 Å². The standard InChI is InChI=1S/C16H20ClNO3/c1-3-4-5-8-18-14-7-6-12(17)9-13(14)16(21,15(18)20)10-11(2)19/h6-7,9,21H,3-5,8,10H2,1-2H3. The molecule has 1 amide bonds. The van der Waals surface area contributed by atoms with E-state index in [4.69, 9.17) is 11.6 Å². The van der Waals surface area contributed by atoms with Gasteiger partial charge in [-0.1, -0.05) is 31.4 Å². The van der Waals surface area contributed by atoms with Gasteiger partial charge in [-0.3, -0.25) is 9.59 Å². The Morgan fingerprint density at radius 2 is 2.10 bits per heavy atom. The molecule has 21 heavy (non-hydrogen) atoms. The van der Waals surface area contributed by atoms with Gasteiger partial charge in [-0.05, 0) is 31.5 Å². The monoisotopic (exact) mass is 309 g/mol. The van der Waals surface area contributed by atoms with E-state index in [2.05, 4.69) is 6.92 Å². The van der Waals surface area contributed by atoms with E-state index in [1.165, 1.54) is 6.92 Å². The van der Waals surface area contributed by atoms with Crippen LogP contribution >= 0.6 is 11.6 Å². The lowest BCUT2D eigenvalue weighted by Gasteiger charge is -2.22. The normalized spacial score (nSPS) is 20.8. The molecule has 1 atom stereocenters. The molecule has 114 valence electrons. The Morgan fingerprint density at radius 3 is 2.71 bits per heavy atom. The van der Waals surface area contributed by atoms with E-state index in [1.54, 1.807) is 23.1 Å². The summed E-state index contributed by atoms with van der Waals surface area (Å²) in [6.07, 6.45) is 2.70. The lowest BCUT2D eigenvalue weighted by molar-refractivity contribution is -0.141. The summed E-state index contributed by atoms with van der Waals surface area (Å²) in [4.78, 5) is 25.6. The number of ketones is 1. The van der Waals surface area contributed by atoms with Crippen LogP contribution in [0.25, 0.3) is 0 Å². The molecule has 1 aromatic carbocycles. The van der Waals surface area contributed by atoms with Crippen molar-refractivity contribution in [3.8, 4) is 0 Å². The summed E-state index contributed by atoms with van der Waals surface area (Å²) in [7, 11) is 0. The fourth-order valence-electron chi connectivity index (χ4n) is 2.80. The molecule has 1 aliphatic heterocycles. The second-order valence-corrected chi connectivity index (χ2v) is 6.00. The van der Waals surface area contributed by atoms with Gasteiger partial charge in [-0.15, -0.1) is 0 Å². The fraction of sp³-hybridized carbons (Fsp3) is 0.500. The quantitative estimate of drug-likeness (QED) is 0.822. The summed E-state index contributed by atoms with van der Waals surface area (Å²) in [5.74, 6) is -0.654. The number of halogens is 1. The Hall–Kier alpha value is -1.39. The van der Waals surface area contributed by atoms with Gasteiger partial charge < -0.3 is 10.0 Å². The Bertz CT molecular complexity index is 573. The molecule has 1 heterocycles. The van der Waals surface area contributed by atoms with Gasteiger partial charge in [-0.25, -0.2) is 0 Å². The van der Waals surface area contributed by atoms with E-state index in [-0.39, 0.29) is 12.2 Å². The van der Waals surface area contributed by atoms with Crippen molar-refractivity contribution >= 4 is 29.0 Å². The molecule has 5 heteroatoms. The molecule has 1 unspecified atom stereocenters. The van der Waals surface area contributed by atoms with Crippen LogP contribution in [0.5, 0.6) is 0 Å². The molecule has 0 saturated carbocycles. The minimum atomic E-state index is -1.78. The van der Waals surface area contributed by atoms with Gasteiger partial charge in [0.1, 0.15) is 5.78 Å². The highest BCUT2D eigenvalue weighted by atomic mass is 35.5. The van der Waals surface area contributed by atoms with Crippen LogP contribution in [0.3, 0.4) is 0 Å². The van der Waals surface area contributed by atoms with Gasteiger partial charge in [0.15, 0.2) is 5.60 Å². The summed E-state index contributed by atoms with van der Waals surface area (Å²) in [5.41, 5.74) is -0.686. The Labute approximate surface area is 129 Å². The summed E-state index contributed by atoms with van der Waals surface area (Å²) >= 11 is 5.98. The third-order valence-corrected chi connectivity index (χ3v) is 4.02. The van der Waals surface area contributed by atoms with Crippen molar-refractivity contribution in [3.05, 3.63) is 28.8 Å². The summed E-state index contributed by atoms with van der Waals surface area (Å²) in [6.45, 7) is 4.00. The van der Waals surface area contributed by atoms with Crippen molar-refractivity contribution in [3.63, 3.8) is 0 Å². The summed E-state index contributed by atoms with van der Waals surface area (Å²) in [6, 6.07) is 5.01. The van der Waals surface area contributed by atoms with E-state index in [9.17, 15) is 14.7 Å². The molecule has 1 aliphatic rings. The Morgan fingerprint density at radius 1 is 1.38 bits per heavy atom. The second kappa shape index (κ2) is 6.16. The molecule has 0 aromatic heterocycles. The van der Waals surface area contributed by atoms with E-state index < -0.39 is 11.5 Å². The van der Waals surface area contributed by atoms with Crippen molar-refractivity contribution < 1.29 is 14.7 Å². The maximum absolute atomic E-state index is 12.6. The average Bonchev–Trinajstić information content (AvgIpc) is 2.60. The zero-order chi connectivity index (χ0) is 15.6. The third kappa shape index (κ3) is 2.97. The van der Waals surface area contributed by atoms with Crippen molar-refractivity contribution in [2.45, 2.75) is 45.1 Å². The van der Waals surface area contributed by atoms with Gasteiger partial charge in [0, 0.05) is 23.6 Å². The molecule has 0 radical (unpaired) electrons. The number of carbonyl (C=O) groups excluding carboxylic acids is 2. The minimum absolute atomic E-state index is 0.219. The molecule has 2 rings (SSSR count). The molecule has 0 spiro atoms. The number of hydrogen-bond acceptors (Lipinski definition) is 3. The van der Waals surface area contributed by atoms with Gasteiger partial charge in [-0.2, -0.15) is 0 Å². The fourth-order valence-corrected chi connectivity index (χ4v) is 2.97. The first-order chi connectivity index (χ1) is 9.90. The Kier molecular flexibility index (Phi) is 4.69. The molecule has 0 saturated heterocycles. The minimum Gasteiger partial charge on any atom is -0.375 e. The molecule has 4 nitrogen and oxygen atoms in total. The van der Waals surface area contributed by atoms with Crippen molar-refractivity contribution in [1.29, 1.82) is 0 Å². The van der Waals surface area contributed by atoms with E-state index in [1.807, 2.05) is 0 Å². The topological polar surface area (TPSA) is 57.6 Å². The van der Waals surface area contributed by atoms with Crippen LogP contribution in [0.15, 0.2) is 18.2 Å². The first-order valence-corrected chi connectivity index (χ1v) is 7.61. The van der Waals surface area contributed by atoms with Crippen LogP contribution in [0.1, 0.15) is 45.1 Å². The number of Topliss-reactive ketones (excluding diaryl/α,β-unsaturated/α-hetero) is 1. The molecule has 1 N–H and O–H groups in total. The molecular formula is C16H20ClNO3. The summed E-state index contributed by atoms with van der Waals surface area (Å²) < 4.78 is 0. The molecule has 0 aliphatic carbocycles. The number of nitrogens with zero attached hydrogens (tertiary/aromatic N) is 1. The SMILES string of the molecule is CCCCCN1C(=O)C(O)(CC(C)=O)c2cc(Cl)ccc21. The van der Waals surface area contributed by atoms with Gasteiger partial charge in [0.25, 0.3) is 5.91 Å². The molecular weight excluding hydrogens is 290 g/mol. The van der Waals surface area contributed by atoms with Gasteiger partial charge >= 0.3 is 0 Å². The highest BCUT2D eigenvalue weighted by Crippen LogP contribution is 2.43. The van der Waals surface area contributed by atoms with Crippen LogP contribution in [-0.4, -0.2) is 23.3 Å². The number of benzene rings is 1. The maximum atomic E-state index is 12.6.